The lowest BCUT2D eigenvalue weighted by Gasteiger charge is -2.33. The Hall–Kier alpha value is -3.02. The van der Waals surface area contributed by atoms with Gasteiger partial charge in [0.2, 0.25) is 5.91 Å². The Kier molecular flexibility index (Phi) is 5.75. The van der Waals surface area contributed by atoms with Crippen LogP contribution in [0.15, 0.2) is 79.1 Å². The van der Waals surface area contributed by atoms with Gasteiger partial charge in [0.05, 0.1) is 13.2 Å². The second kappa shape index (κ2) is 8.78. The van der Waals surface area contributed by atoms with Gasteiger partial charge in [-0.15, -0.1) is 0 Å². The van der Waals surface area contributed by atoms with Crippen LogP contribution in [0, 0.1) is 0 Å². The van der Waals surface area contributed by atoms with Crippen molar-refractivity contribution in [3.63, 3.8) is 0 Å². The number of nitrogens with zero attached hydrogens (tertiary/aromatic N) is 2. The number of benzene rings is 2. The minimum absolute atomic E-state index is 0.0234. The van der Waals surface area contributed by atoms with Gasteiger partial charge in [-0.05, 0) is 41.0 Å². The normalized spacial score (nSPS) is 15.7. The molecule has 1 N–H and O–H groups in total. The van der Waals surface area contributed by atoms with Gasteiger partial charge in [-0.3, -0.25) is 14.7 Å². The van der Waals surface area contributed by atoms with Crippen molar-refractivity contribution in [1.82, 2.24) is 9.88 Å². The highest BCUT2D eigenvalue weighted by atomic mass is 16.5. The van der Waals surface area contributed by atoms with Crippen molar-refractivity contribution in [3.05, 3.63) is 84.7 Å². The molecule has 1 amide bonds. The lowest BCUT2D eigenvalue weighted by Crippen LogP contribution is -2.43. The van der Waals surface area contributed by atoms with Crippen molar-refractivity contribution >= 4 is 11.6 Å². The molecule has 1 saturated heterocycles. The first-order valence-corrected chi connectivity index (χ1v) is 9.49. The van der Waals surface area contributed by atoms with Crippen LogP contribution in [0.2, 0.25) is 0 Å². The Morgan fingerprint density at radius 2 is 1.54 bits per heavy atom. The Balaban J connectivity index is 1.52. The molecule has 1 aromatic heterocycles. The quantitative estimate of drug-likeness (QED) is 0.740. The van der Waals surface area contributed by atoms with Crippen LogP contribution in [0.1, 0.15) is 11.6 Å². The summed E-state index contributed by atoms with van der Waals surface area (Å²) in [6.45, 7) is 2.79. The van der Waals surface area contributed by atoms with Crippen molar-refractivity contribution in [2.45, 2.75) is 6.04 Å². The Morgan fingerprint density at radius 3 is 2.21 bits per heavy atom. The lowest BCUT2D eigenvalue weighted by atomic mass is 10.0. The van der Waals surface area contributed by atoms with Crippen LogP contribution in [-0.4, -0.2) is 42.1 Å². The number of nitrogens with one attached hydrogen (secondary N) is 1. The molecular weight excluding hydrogens is 350 g/mol. The third-order valence-corrected chi connectivity index (χ3v) is 4.94. The van der Waals surface area contributed by atoms with E-state index in [0.29, 0.717) is 13.2 Å². The Labute approximate surface area is 165 Å². The molecule has 1 atom stereocenters. The number of pyridine rings is 1. The maximum absolute atomic E-state index is 13.2. The first-order chi connectivity index (χ1) is 13.8. The molecule has 5 nitrogen and oxygen atoms in total. The van der Waals surface area contributed by atoms with Crippen molar-refractivity contribution in [2.24, 2.45) is 0 Å². The molecular formula is C23H23N3O2. The zero-order valence-corrected chi connectivity index (χ0v) is 15.6. The maximum atomic E-state index is 13.2. The van der Waals surface area contributed by atoms with Crippen LogP contribution in [0.4, 0.5) is 5.69 Å². The van der Waals surface area contributed by atoms with Crippen LogP contribution in [0.5, 0.6) is 0 Å². The van der Waals surface area contributed by atoms with E-state index < -0.39 is 0 Å². The summed E-state index contributed by atoms with van der Waals surface area (Å²) in [6.07, 6.45) is 3.55. The predicted octanol–water partition coefficient (Wildman–Crippen LogP) is 3.76. The zero-order valence-electron chi connectivity index (χ0n) is 15.6. The second-order valence-corrected chi connectivity index (χ2v) is 6.76. The number of aromatic nitrogens is 1. The summed E-state index contributed by atoms with van der Waals surface area (Å²) >= 11 is 0. The molecule has 1 unspecified atom stereocenters. The van der Waals surface area contributed by atoms with Gasteiger partial charge < -0.3 is 10.1 Å². The molecule has 0 saturated carbocycles. The average Bonchev–Trinajstić information content (AvgIpc) is 2.77. The summed E-state index contributed by atoms with van der Waals surface area (Å²) in [6, 6.07) is 21.4. The number of amides is 1. The summed E-state index contributed by atoms with van der Waals surface area (Å²) < 4.78 is 5.46. The van der Waals surface area contributed by atoms with E-state index >= 15 is 0 Å². The van der Waals surface area contributed by atoms with Crippen molar-refractivity contribution < 1.29 is 9.53 Å². The average molecular weight is 373 g/mol. The van der Waals surface area contributed by atoms with Crippen molar-refractivity contribution in [2.75, 3.05) is 31.6 Å². The van der Waals surface area contributed by atoms with Gasteiger partial charge in [0, 0.05) is 31.2 Å². The number of carbonyl (C=O) groups is 1. The van der Waals surface area contributed by atoms with Gasteiger partial charge in [-0.25, -0.2) is 0 Å². The maximum Gasteiger partial charge on any atom is 0.246 e. The van der Waals surface area contributed by atoms with E-state index in [2.05, 4.69) is 15.2 Å². The molecule has 1 aliphatic rings. The Bertz CT molecular complexity index is 892. The van der Waals surface area contributed by atoms with Gasteiger partial charge in [0.1, 0.15) is 6.04 Å². The van der Waals surface area contributed by atoms with Crippen LogP contribution >= 0.6 is 0 Å². The number of ether oxygens (including phenoxy) is 1. The van der Waals surface area contributed by atoms with E-state index in [1.807, 2.05) is 66.7 Å². The minimum Gasteiger partial charge on any atom is -0.379 e. The summed E-state index contributed by atoms with van der Waals surface area (Å²) in [4.78, 5) is 19.4. The molecule has 3 aromatic rings. The first-order valence-electron chi connectivity index (χ1n) is 9.49. The molecule has 2 heterocycles. The molecule has 0 aliphatic carbocycles. The van der Waals surface area contributed by atoms with Crippen LogP contribution in [0.25, 0.3) is 11.1 Å². The van der Waals surface area contributed by atoms with E-state index in [-0.39, 0.29) is 11.9 Å². The van der Waals surface area contributed by atoms with Gasteiger partial charge in [0.25, 0.3) is 0 Å². The second-order valence-electron chi connectivity index (χ2n) is 6.76. The largest absolute Gasteiger partial charge is 0.379 e. The molecule has 0 bridgehead atoms. The van der Waals surface area contributed by atoms with Gasteiger partial charge in [-0.2, -0.15) is 0 Å². The highest BCUT2D eigenvalue weighted by Crippen LogP contribution is 2.25. The number of hydrogen-bond donors (Lipinski definition) is 1. The van der Waals surface area contributed by atoms with Crippen LogP contribution in [0.3, 0.4) is 0 Å². The number of hydrogen-bond acceptors (Lipinski definition) is 4. The van der Waals surface area contributed by atoms with Gasteiger partial charge in [0.15, 0.2) is 0 Å². The lowest BCUT2D eigenvalue weighted by molar-refractivity contribution is -0.123. The SMILES string of the molecule is O=C(Nc1ccc(-c2ccncc2)cc1)C(c1ccccc1)N1CCOCC1. The van der Waals surface area contributed by atoms with Crippen LogP contribution in [-0.2, 0) is 9.53 Å². The molecule has 5 heteroatoms. The van der Waals surface area contributed by atoms with Gasteiger partial charge >= 0.3 is 0 Å². The fourth-order valence-electron chi connectivity index (χ4n) is 3.50. The fraction of sp³-hybridized carbons (Fsp3) is 0.217. The number of carbonyl (C=O) groups excluding carboxylic acids is 1. The fourth-order valence-corrected chi connectivity index (χ4v) is 3.50. The highest BCUT2D eigenvalue weighted by Gasteiger charge is 2.29. The number of rotatable bonds is 5. The summed E-state index contributed by atoms with van der Waals surface area (Å²) in [5, 5.41) is 3.08. The third-order valence-electron chi connectivity index (χ3n) is 4.94. The molecule has 4 rings (SSSR count). The minimum atomic E-state index is -0.329. The molecule has 28 heavy (non-hydrogen) atoms. The van der Waals surface area contributed by atoms with Crippen molar-refractivity contribution in [3.8, 4) is 11.1 Å². The van der Waals surface area contributed by atoms with E-state index in [1.165, 1.54) is 0 Å². The summed E-state index contributed by atoms with van der Waals surface area (Å²) in [5.74, 6) is -0.0234. The van der Waals surface area contributed by atoms with E-state index in [9.17, 15) is 4.79 Å². The van der Waals surface area contributed by atoms with Crippen molar-refractivity contribution in [1.29, 1.82) is 0 Å². The predicted molar refractivity (Wildman–Crippen MR) is 110 cm³/mol. The molecule has 0 spiro atoms. The summed E-state index contributed by atoms with van der Waals surface area (Å²) in [5.41, 5.74) is 3.98. The van der Waals surface area contributed by atoms with Gasteiger partial charge in [-0.1, -0.05) is 42.5 Å². The van der Waals surface area contributed by atoms with E-state index in [1.54, 1.807) is 12.4 Å². The molecule has 142 valence electrons. The topological polar surface area (TPSA) is 54.5 Å². The van der Waals surface area contributed by atoms with Crippen LogP contribution < -0.4 is 5.32 Å². The standard InChI is InChI=1S/C23H23N3O2/c27-23(22(20-4-2-1-3-5-20)26-14-16-28-17-15-26)25-21-8-6-18(7-9-21)19-10-12-24-13-11-19/h1-13,22H,14-17H2,(H,25,27). The number of morpholine rings is 1. The summed E-state index contributed by atoms with van der Waals surface area (Å²) in [7, 11) is 0. The monoisotopic (exact) mass is 373 g/mol. The first kappa shape index (κ1) is 18.3. The highest BCUT2D eigenvalue weighted by molar-refractivity contribution is 5.95. The smallest absolute Gasteiger partial charge is 0.246 e. The molecule has 0 radical (unpaired) electrons. The molecule has 2 aromatic carbocycles. The zero-order chi connectivity index (χ0) is 19.2. The third kappa shape index (κ3) is 4.27. The molecule has 1 aliphatic heterocycles. The Morgan fingerprint density at radius 1 is 0.893 bits per heavy atom. The number of anilines is 1. The van der Waals surface area contributed by atoms with E-state index in [4.69, 9.17) is 4.74 Å². The molecule has 1 fully saturated rings. The van der Waals surface area contributed by atoms with E-state index in [0.717, 1.165) is 35.5 Å².